The molecule has 4 rings (SSSR count). The minimum atomic E-state index is -0.840. The zero-order chi connectivity index (χ0) is 29.8. The lowest BCUT2D eigenvalue weighted by Crippen LogP contribution is -2.04. The highest BCUT2D eigenvalue weighted by Crippen LogP contribution is 2.28. The first-order valence-corrected chi connectivity index (χ1v) is 11.3. The lowest BCUT2D eigenvalue weighted by molar-refractivity contribution is -0.394. The van der Waals surface area contributed by atoms with Crippen LogP contribution in [0.3, 0.4) is 0 Å². The van der Waals surface area contributed by atoms with Gasteiger partial charge in [-0.05, 0) is 48.5 Å². The van der Waals surface area contributed by atoms with E-state index in [-0.39, 0.29) is 33.8 Å². The largest absolute Gasteiger partial charge is 0.457 e. The van der Waals surface area contributed by atoms with Gasteiger partial charge in [-0.2, -0.15) is 0 Å². The molecule has 0 aliphatic heterocycles. The number of ether oxygens (including phenoxy) is 1. The Morgan fingerprint density at radius 1 is 0.439 bits per heavy atom. The van der Waals surface area contributed by atoms with E-state index >= 15 is 0 Å². The molecule has 0 spiro atoms. The molecule has 15 nitrogen and oxygen atoms in total. The lowest BCUT2D eigenvalue weighted by atomic mass is 10.0. The lowest BCUT2D eigenvalue weighted by Gasteiger charge is -2.08. The van der Waals surface area contributed by atoms with Crippen LogP contribution >= 0.6 is 0 Å². The number of non-ortho nitro benzene ring substituents is 4. The van der Waals surface area contributed by atoms with Gasteiger partial charge in [0.25, 0.3) is 22.7 Å². The van der Waals surface area contributed by atoms with E-state index in [0.29, 0.717) is 0 Å². The topological polar surface area (TPSA) is 216 Å². The summed E-state index contributed by atoms with van der Waals surface area (Å²) in [6, 6.07) is 16.4. The zero-order valence-electron chi connectivity index (χ0n) is 20.4. The Morgan fingerprint density at radius 3 is 0.951 bits per heavy atom. The van der Waals surface area contributed by atoms with E-state index in [2.05, 4.69) is 0 Å². The monoisotopic (exact) mass is 558 g/mol. The molecular weight excluding hydrogens is 544 g/mol. The number of carbonyl (C=O) groups is 2. The molecule has 0 saturated heterocycles. The zero-order valence-corrected chi connectivity index (χ0v) is 20.4. The van der Waals surface area contributed by atoms with Crippen molar-refractivity contribution in [3.63, 3.8) is 0 Å². The SMILES string of the molecule is O=C(c1ccc(Oc2ccc(C(=O)c3cc([N+](=O)[O-])cc([N+](=O)[O-])c3)cc2)cc1)c1cc([N+](=O)[O-])cc([N+](=O)[O-])c1. The van der Waals surface area contributed by atoms with Crippen LogP contribution in [0.25, 0.3) is 0 Å². The van der Waals surface area contributed by atoms with E-state index in [9.17, 15) is 50.0 Å². The van der Waals surface area contributed by atoms with Crippen molar-refractivity contribution in [2.75, 3.05) is 0 Å². The molecule has 0 saturated carbocycles. The van der Waals surface area contributed by atoms with Crippen LogP contribution in [0.1, 0.15) is 31.8 Å². The summed E-state index contributed by atoms with van der Waals surface area (Å²) in [5.41, 5.74) is -2.73. The van der Waals surface area contributed by atoms with E-state index in [0.717, 1.165) is 36.4 Å². The fraction of sp³-hybridized carbons (Fsp3) is 0. The van der Waals surface area contributed by atoms with Crippen molar-refractivity contribution in [1.29, 1.82) is 0 Å². The molecule has 4 aromatic rings. The van der Waals surface area contributed by atoms with Crippen molar-refractivity contribution < 1.29 is 34.0 Å². The maximum absolute atomic E-state index is 12.8. The van der Waals surface area contributed by atoms with Crippen molar-refractivity contribution in [1.82, 2.24) is 0 Å². The van der Waals surface area contributed by atoms with Gasteiger partial charge in [-0.1, -0.05) is 0 Å². The van der Waals surface area contributed by atoms with Crippen LogP contribution in [0, 0.1) is 40.5 Å². The summed E-state index contributed by atoms with van der Waals surface area (Å²) in [6.45, 7) is 0. The predicted octanol–water partition coefficient (Wildman–Crippen LogP) is 5.57. The Kier molecular flexibility index (Phi) is 7.53. The van der Waals surface area contributed by atoms with Gasteiger partial charge in [0.05, 0.1) is 31.8 Å². The summed E-state index contributed by atoms with van der Waals surface area (Å²) < 4.78 is 5.68. The van der Waals surface area contributed by atoms with Gasteiger partial charge in [0, 0.05) is 46.5 Å². The smallest absolute Gasteiger partial charge is 0.277 e. The second-order valence-electron chi connectivity index (χ2n) is 8.31. The molecule has 4 aromatic carbocycles. The normalized spacial score (nSPS) is 10.4. The van der Waals surface area contributed by atoms with Crippen LogP contribution in [0.4, 0.5) is 22.7 Å². The summed E-state index contributed by atoms with van der Waals surface area (Å²) in [5.74, 6) is -0.847. The number of nitrogens with zero attached hydrogens (tertiary/aromatic N) is 4. The highest BCUT2D eigenvalue weighted by atomic mass is 16.6. The number of hydrogen-bond acceptors (Lipinski definition) is 11. The highest BCUT2D eigenvalue weighted by Gasteiger charge is 2.22. The number of carbonyl (C=O) groups excluding carboxylic acids is 2. The maximum atomic E-state index is 12.8. The second kappa shape index (κ2) is 11.2. The van der Waals surface area contributed by atoms with Crippen LogP contribution in [0.15, 0.2) is 84.9 Å². The Hall–Kier alpha value is -6.38. The Bertz CT molecular complexity index is 1560. The van der Waals surface area contributed by atoms with Gasteiger partial charge >= 0.3 is 0 Å². The molecule has 0 aromatic heterocycles. The molecule has 0 aliphatic rings. The maximum Gasteiger partial charge on any atom is 0.277 e. The molecule has 0 bridgehead atoms. The van der Waals surface area contributed by atoms with Gasteiger partial charge in [-0.25, -0.2) is 0 Å². The minimum absolute atomic E-state index is 0.0825. The van der Waals surface area contributed by atoms with E-state index in [1.807, 2.05) is 0 Å². The highest BCUT2D eigenvalue weighted by molar-refractivity contribution is 6.10. The molecule has 0 atom stereocenters. The number of hydrogen-bond donors (Lipinski definition) is 0. The average Bonchev–Trinajstić information content (AvgIpc) is 2.96. The Labute approximate surface area is 227 Å². The van der Waals surface area contributed by atoms with Crippen molar-refractivity contribution >= 4 is 34.3 Å². The van der Waals surface area contributed by atoms with Crippen molar-refractivity contribution in [3.05, 3.63) is 148 Å². The molecule has 0 fully saturated rings. The summed E-state index contributed by atoms with van der Waals surface area (Å²) in [7, 11) is 0. The van der Waals surface area contributed by atoms with Crippen LogP contribution in [-0.2, 0) is 0 Å². The van der Waals surface area contributed by atoms with Gasteiger partial charge < -0.3 is 4.74 Å². The molecular formula is C26H14N4O11. The van der Waals surface area contributed by atoms with Crippen LogP contribution < -0.4 is 4.74 Å². The third-order valence-corrected chi connectivity index (χ3v) is 5.64. The first-order chi connectivity index (χ1) is 19.4. The van der Waals surface area contributed by atoms with E-state index in [1.54, 1.807) is 0 Å². The number of nitro groups is 4. The molecule has 15 heteroatoms. The number of nitro benzene ring substituents is 4. The summed E-state index contributed by atoms with van der Waals surface area (Å²) in [4.78, 5) is 66.7. The standard InChI is InChI=1S/C26H14N4O11/c31-25(17-9-19(27(33)34)13-20(10-17)28(35)36)15-1-5-23(6-2-15)41-24-7-3-16(4-8-24)26(32)18-11-21(29(37)38)14-22(12-18)30(39)40/h1-14H. The fourth-order valence-electron chi connectivity index (χ4n) is 3.69. The molecule has 0 unspecified atom stereocenters. The third kappa shape index (κ3) is 6.20. The average molecular weight is 558 g/mol. The van der Waals surface area contributed by atoms with Gasteiger partial charge in [0.1, 0.15) is 11.5 Å². The van der Waals surface area contributed by atoms with Crippen molar-refractivity contribution in [2.24, 2.45) is 0 Å². The quantitative estimate of drug-likeness (QED) is 0.133. The molecule has 0 radical (unpaired) electrons. The summed E-state index contributed by atoms with van der Waals surface area (Å²) in [6.07, 6.45) is 0. The molecule has 0 heterocycles. The summed E-state index contributed by atoms with van der Waals surface area (Å²) >= 11 is 0. The van der Waals surface area contributed by atoms with Gasteiger partial charge in [0.15, 0.2) is 11.6 Å². The van der Waals surface area contributed by atoms with Crippen molar-refractivity contribution in [2.45, 2.75) is 0 Å². The van der Waals surface area contributed by atoms with Crippen LogP contribution in [0.5, 0.6) is 11.5 Å². The molecule has 0 aliphatic carbocycles. The fourth-order valence-corrected chi connectivity index (χ4v) is 3.69. The molecule has 204 valence electrons. The molecule has 41 heavy (non-hydrogen) atoms. The second-order valence-corrected chi connectivity index (χ2v) is 8.31. The number of benzene rings is 4. The van der Waals surface area contributed by atoms with E-state index < -0.39 is 54.0 Å². The van der Waals surface area contributed by atoms with Gasteiger partial charge in [0.2, 0.25) is 0 Å². The first kappa shape index (κ1) is 27.6. The summed E-state index contributed by atoms with van der Waals surface area (Å²) in [5, 5.41) is 44.4. The third-order valence-electron chi connectivity index (χ3n) is 5.64. The molecule has 0 N–H and O–H groups in total. The van der Waals surface area contributed by atoms with Crippen molar-refractivity contribution in [3.8, 4) is 11.5 Å². The predicted molar refractivity (Wildman–Crippen MR) is 139 cm³/mol. The Balaban J connectivity index is 1.50. The first-order valence-electron chi connectivity index (χ1n) is 11.3. The molecule has 0 amide bonds. The van der Waals surface area contributed by atoms with Gasteiger partial charge in [-0.3, -0.25) is 50.0 Å². The number of rotatable bonds is 10. The Morgan fingerprint density at radius 2 is 0.707 bits per heavy atom. The van der Waals surface area contributed by atoms with E-state index in [1.165, 1.54) is 48.5 Å². The van der Waals surface area contributed by atoms with Crippen LogP contribution in [-0.4, -0.2) is 31.3 Å². The number of ketones is 2. The van der Waals surface area contributed by atoms with Gasteiger partial charge in [-0.15, -0.1) is 0 Å². The minimum Gasteiger partial charge on any atom is -0.457 e. The van der Waals surface area contributed by atoms with Crippen LogP contribution in [0.2, 0.25) is 0 Å². The van der Waals surface area contributed by atoms with E-state index in [4.69, 9.17) is 4.74 Å².